The summed E-state index contributed by atoms with van der Waals surface area (Å²) in [5, 5.41) is 14.6. The number of hydrogen-bond donors (Lipinski definition) is 1. The number of hydrogen-bond acceptors (Lipinski definition) is 5. The second-order valence-corrected chi connectivity index (χ2v) is 12.3. The molecule has 1 amide bonds. The van der Waals surface area contributed by atoms with Gasteiger partial charge in [0.05, 0.1) is 28.9 Å². The van der Waals surface area contributed by atoms with Crippen LogP contribution in [0, 0.1) is 24.2 Å². The quantitative estimate of drug-likeness (QED) is 0.190. The zero-order valence-corrected chi connectivity index (χ0v) is 25.5. The lowest BCUT2D eigenvalue weighted by Crippen LogP contribution is -2.13. The van der Waals surface area contributed by atoms with Crippen molar-refractivity contribution in [3.05, 3.63) is 100 Å². The highest BCUT2D eigenvalue weighted by atomic mass is 32.1. The van der Waals surface area contributed by atoms with Crippen LogP contribution >= 0.6 is 11.3 Å². The van der Waals surface area contributed by atoms with E-state index < -0.39 is 0 Å². The first-order valence-corrected chi connectivity index (χ1v) is 15.2. The third-order valence-electron chi connectivity index (χ3n) is 7.48. The van der Waals surface area contributed by atoms with Gasteiger partial charge in [-0.05, 0) is 60.6 Å². The van der Waals surface area contributed by atoms with Crippen LogP contribution in [-0.4, -0.2) is 17.5 Å². The van der Waals surface area contributed by atoms with Crippen LogP contribution in [0.4, 0.5) is 5.00 Å². The molecule has 0 aliphatic rings. The van der Waals surface area contributed by atoms with E-state index in [1.165, 1.54) is 16.9 Å². The Labute approximate surface area is 251 Å². The second kappa shape index (κ2) is 12.6. The van der Waals surface area contributed by atoms with E-state index in [2.05, 4.69) is 63.3 Å². The SMILES string of the molecule is CC[C@@H](C)c1ccc(-c2c(C)sc(NC(=O)c3cc(-c4cccc(OCC(C)C)c4)nc4ccccc34)c2C#N)cc1. The number of anilines is 1. The molecular weight excluding hydrogens is 538 g/mol. The molecule has 0 aliphatic carbocycles. The number of aryl methyl sites for hydroxylation is 1. The maximum absolute atomic E-state index is 13.9. The normalized spacial score (nSPS) is 11.8. The highest BCUT2D eigenvalue weighted by Crippen LogP contribution is 2.40. The Morgan fingerprint density at radius 1 is 1.00 bits per heavy atom. The molecule has 0 bridgehead atoms. The summed E-state index contributed by atoms with van der Waals surface area (Å²) in [6.45, 7) is 11.2. The van der Waals surface area contributed by atoms with Crippen molar-refractivity contribution in [3.8, 4) is 34.2 Å². The standard InChI is InChI=1S/C36H35N3O2S/c1-6-23(4)25-14-16-26(17-15-25)34-24(5)42-36(31(34)20-37)39-35(40)30-19-33(38-32-13-8-7-12-29(30)32)27-10-9-11-28(18-27)41-21-22(2)3/h7-19,22-23H,6,21H2,1-5H3,(H,39,40)/t23-/m1/s1. The molecule has 5 rings (SSSR count). The molecule has 2 aromatic heterocycles. The summed E-state index contributed by atoms with van der Waals surface area (Å²) in [6, 6.07) is 28.0. The van der Waals surface area contributed by atoms with Crippen LogP contribution in [0.3, 0.4) is 0 Å². The van der Waals surface area contributed by atoms with Gasteiger partial charge in [-0.3, -0.25) is 4.79 Å². The monoisotopic (exact) mass is 573 g/mol. The summed E-state index contributed by atoms with van der Waals surface area (Å²) >= 11 is 1.43. The Hall–Kier alpha value is -4.47. The molecule has 0 radical (unpaired) electrons. The summed E-state index contributed by atoms with van der Waals surface area (Å²) < 4.78 is 5.94. The van der Waals surface area contributed by atoms with Crippen molar-refractivity contribution >= 4 is 33.1 Å². The first-order chi connectivity index (χ1) is 20.3. The number of pyridine rings is 1. The van der Waals surface area contributed by atoms with Gasteiger partial charge in [-0.15, -0.1) is 11.3 Å². The lowest BCUT2D eigenvalue weighted by Gasteiger charge is -2.12. The fourth-order valence-electron chi connectivity index (χ4n) is 4.99. The van der Waals surface area contributed by atoms with Crippen LogP contribution in [0.5, 0.6) is 5.75 Å². The molecule has 0 spiro atoms. The van der Waals surface area contributed by atoms with Gasteiger partial charge >= 0.3 is 0 Å². The van der Waals surface area contributed by atoms with Crippen LogP contribution in [-0.2, 0) is 0 Å². The number of benzene rings is 3. The molecule has 5 nitrogen and oxygen atoms in total. The van der Waals surface area contributed by atoms with E-state index in [-0.39, 0.29) is 5.91 Å². The first-order valence-electron chi connectivity index (χ1n) is 14.4. The zero-order chi connectivity index (χ0) is 29.8. The molecule has 42 heavy (non-hydrogen) atoms. The molecule has 1 atom stereocenters. The predicted molar refractivity (Wildman–Crippen MR) is 173 cm³/mol. The van der Waals surface area contributed by atoms with Crippen molar-refractivity contribution < 1.29 is 9.53 Å². The molecule has 5 aromatic rings. The summed E-state index contributed by atoms with van der Waals surface area (Å²) in [6.07, 6.45) is 1.07. The summed E-state index contributed by atoms with van der Waals surface area (Å²) in [4.78, 5) is 19.7. The minimum absolute atomic E-state index is 0.279. The van der Waals surface area contributed by atoms with Gasteiger partial charge in [0.2, 0.25) is 0 Å². The Balaban J connectivity index is 1.50. The largest absolute Gasteiger partial charge is 0.493 e. The number of nitrogens with one attached hydrogen (secondary N) is 1. The fourth-order valence-corrected chi connectivity index (χ4v) is 6.01. The van der Waals surface area contributed by atoms with Crippen LogP contribution in [0.2, 0.25) is 0 Å². The van der Waals surface area contributed by atoms with E-state index in [1.807, 2.05) is 61.5 Å². The molecule has 3 aromatic carbocycles. The Morgan fingerprint density at radius 3 is 2.48 bits per heavy atom. The van der Waals surface area contributed by atoms with E-state index >= 15 is 0 Å². The van der Waals surface area contributed by atoms with E-state index in [1.54, 1.807) is 0 Å². The Bertz CT molecular complexity index is 1780. The minimum atomic E-state index is -0.279. The second-order valence-electron chi connectivity index (χ2n) is 11.0. The molecule has 6 heteroatoms. The van der Waals surface area contributed by atoms with Crippen LogP contribution in [0.25, 0.3) is 33.3 Å². The maximum Gasteiger partial charge on any atom is 0.257 e. The van der Waals surface area contributed by atoms with Crippen molar-refractivity contribution in [2.24, 2.45) is 5.92 Å². The predicted octanol–water partition coefficient (Wildman–Crippen LogP) is 9.61. The summed E-state index contributed by atoms with van der Waals surface area (Å²) in [7, 11) is 0. The number of carbonyl (C=O) groups is 1. The molecule has 0 aliphatic heterocycles. The van der Waals surface area contributed by atoms with Crippen LogP contribution in [0.15, 0.2) is 78.9 Å². The lowest BCUT2D eigenvalue weighted by atomic mass is 9.95. The van der Waals surface area contributed by atoms with Gasteiger partial charge in [0.15, 0.2) is 0 Å². The number of nitriles is 1. The average Bonchev–Trinajstić information content (AvgIpc) is 3.33. The number of thiophene rings is 1. The molecule has 1 N–H and O–H groups in total. The first kappa shape index (κ1) is 29.0. The van der Waals surface area contributed by atoms with Crippen molar-refractivity contribution in [3.63, 3.8) is 0 Å². The van der Waals surface area contributed by atoms with E-state index in [9.17, 15) is 10.1 Å². The van der Waals surface area contributed by atoms with Gasteiger partial charge < -0.3 is 10.1 Å². The molecule has 0 saturated carbocycles. The average molecular weight is 574 g/mol. The number of ether oxygens (including phenoxy) is 1. The topological polar surface area (TPSA) is 75.0 Å². The van der Waals surface area contributed by atoms with Crippen LogP contribution < -0.4 is 10.1 Å². The van der Waals surface area contributed by atoms with Crippen molar-refractivity contribution in [1.29, 1.82) is 5.26 Å². The molecule has 0 saturated heterocycles. The third kappa shape index (κ3) is 6.07. The number of rotatable bonds is 9. The number of para-hydroxylation sites is 1. The van der Waals surface area contributed by atoms with Gasteiger partial charge in [-0.1, -0.05) is 82.3 Å². The van der Waals surface area contributed by atoms with E-state index in [0.29, 0.717) is 40.3 Å². The van der Waals surface area contributed by atoms with Gasteiger partial charge in [0.1, 0.15) is 16.8 Å². The van der Waals surface area contributed by atoms with Crippen molar-refractivity contribution in [2.45, 2.75) is 47.0 Å². The Kier molecular flexibility index (Phi) is 8.70. The molecule has 0 unspecified atom stereocenters. The van der Waals surface area contributed by atoms with Gasteiger partial charge in [0, 0.05) is 21.4 Å². The van der Waals surface area contributed by atoms with E-state index in [4.69, 9.17) is 9.72 Å². The minimum Gasteiger partial charge on any atom is -0.493 e. The molecule has 2 heterocycles. The highest BCUT2D eigenvalue weighted by Gasteiger charge is 2.21. The number of carbonyl (C=O) groups excluding carboxylic acids is 1. The smallest absolute Gasteiger partial charge is 0.257 e. The molecular formula is C36H35N3O2S. The fraction of sp³-hybridized carbons (Fsp3) is 0.250. The maximum atomic E-state index is 13.9. The lowest BCUT2D eigenvalue weighted by molar-refractivity contribution is 0.102. The summed E-state index contributed by atoms with van der Waals surface area (Å²) in [5.74, 6) is 1.37. The van der Waals surface area contributed by atoms with Gasteiger partial charge in [-0.2, -0.15) is 5.26 Å². The summed E-state index contributed by atoms with van der Waals surface area (Å²) in [5.41, 5.74) is 6.37. The van der Waals surface area contributed by atoms with Crippen LogP contribution in [0.1, 0.15) is 66.4 Å². The molecule has 0 fully saturated rings. The Morgan fingerprint density at radius 2 is 1.76 bits per heavy atom. The van der Waals surface area contributed by atoms with Crippen molar-refractivity contribution in [2.75, 3.05) is 11.9 Å². The molecule has 212 valence electrons. The number of nitrogens with zero attached hydrogens (tertiary/aromatic N) is 2. The van der Waals surface area contributed by atoms with E-state index in [0.717, 1.165) is 44.6 Å². The number of aromatic nitrogens is 1. The number of amides is 1. The highest BCUT2D eigenvalue weighted by molar-refractivity contribution is 7.17. The van der Waals surface area contributed by atoms with Gasteiger partial charge in [-0.25, -0.2) is 4.98 Å². The number of fused-ring (bicyclic) bond motifs is 1. The zero-order valence-electron chi connectivity index (χ0n) is 24.7. The third-order valence-corrected chi connectivity index (χ3v) is 8.50. The van der Waals surface area contributed by atoms with Crippen molar-refractivity contribution in [1.82, 2.24) is 4.98 Å². The van der Waals surface area contributed by atoms with Gasteiger partial charge in [0.25, 0.3) is 5.91 Å².